The molecule has 0 aliphatic rings. The highest BCUT2D eigenvalue weighted by atomic mass is 79.9. The second-order valence-electron chi connectivity index (χ2n) is 5.64. The molecule has 1 heterocycles. The highest BCUT2D eigenvalue weighted by Gasteiger charge is 2.12. The summed E-state index contributed by atoms with van der Waals surface area (Å²) in [5.41, 5.74) is 2.52. The van der Waals surface area contributed by atoms with Crippen molar-refractivity contribution in [1.29, 1.82) is 0 Å². The van der Waals surface area contributed by atoms with E-state index in [2.05, 4.69) is 31.5 Å². The number of nitrogens with zero attached hydrogens (tertiary/aromatic N) is 1. The Balaban J connectivity index is 1.72. The molecule has 2 aromatic carbocycles. The van der Waals surface area contributed by atoms with Crippen molar-refractivity contribution in [3.8, 4) is 0 Å². The quantitative estimate of drug-likeness (QED) is 0.633. The van der Waals surface area contributed by atoms with Crippen LogP contribution in [0.1, 0.15) is 28.9 Å². The van der Waals surface area contributed by atoms with Gasteiger partial charge in [-0.2, -0.15) is 0 Å². The highest BCUT2D eigenvalue weighted by Crippen LogP contribution is 2.24. The number of nitrogens with one attached hydrogen (secondary N) is 2. The molecule has 5 heteroatoms. The number of carbonyl (C=O) groups is 1. The Morgan fingerprint density at radius 2 is 1.76 bits per heavy atom. The largest absolute Gasteiger partial charge is 0.346 e. The van der Waals surface area contributed by atoms with Gasteiger partial charge < -0.3 is 10.6 Å². The molecular weight excluding hydrogens is 378 g/mol. The number of para-hydroxylation sites is 1. The van der Waals surface area contributed by atoms with Crippen LogP contribution < -0.4 is 10.6 Å². The molecule has 1 atom stereocenters. The molecule has 0 spiro atoms. The van der Waals surface area contributed by atoms with Gasteiger partial charge in [-0.3, -0.25) is 4.79 Å². The Morgan fingerprint density at radius 1 is 1.04 bits per heavy atom. The van der Waals surface area contributed by atoms with Gasteiger partial charge in [-0.1, -0.05) is 42.5 Å². The normalized spacial score (nSPS) is 11.6. The minimum Gasteiger partial charge on any atom is -0.346 e. The van der Waals surface area contributed by atoms with Gasteiger partial charge in [0.15, 0.2) is 0 Å². The average Bonchev–Trinajstić information content (AvgIpc) is 2.64. The van der Waals surface area contributed by atoms with Crippen LogP contribution in [0.25, 0.3) is 0 Å². The lowest BCUT2D eigenvalue weighted by atomic mass is 10.1. The van der Waals surface area contributed by atoms with Crippen LogP contribution in [-0.2, 0) is 0 Å². The maximum absolute atomic E-state index is 12.5. The van der Waals surface area contributed by atoms with Crippen LogP contribution in [0.3, 0.4) is 0 Å². The maximum Gasteiger partial charge on any atom is 0.251 e. The zero-order valence-electron chi connectivity index (χ0n) is 13.7. The van der Waals surface area contributed by atoms with Gasteiger partial charge in [-0.15, -0.1) is 0 Å². The zero-order chi connectivity index (χ0) is 17.6. The SMILES string of the molecule is CC(NC(=O)c1ccnc(Nc2ccccc2Br)c1)c1ccccc1. The Kier molecular flexibility index (Phi) is 5.46. The molecule has 4 nitrogen and oxygen atoms in total. The van der Waals surface area contributed by atoms with Gasteiger partial charge in [-0.05, 0) is 52.7 Å². The third-order valence-corrected chi connectivity index (χ3v) is 4.50. The summed E-state index contributed by atoms with van der Waals surface area (Å²) in [6, 6.07) is 21.0. The number of hydrogen-bond acceptors (Lipinski definition) is 3. The third kappa shape index (κ3) is 4.45. The summed E-state index contributed by atoms with van der Waals surface area (Å²) in [5.74, 6) is 0.487. The van der Waals surface area contributed by atoms with Crippen LogP contribution in [0.15, 0.2) is 77.4 Å². The van der Waals surface area contributed by atoms with E-state index in [1.54, 1.807) is 18.3 Å². The van der Waals surface area contributed by atoms with Crippen molar-refractivity contribution in [2.75, 3.05) is 5.32 Å². The molecule has 2 N–H and O–H groups in total. The summed E-state index contributed by atoms with van der Waals surface area (Å²) in [6.07, 6.45) is 1.63. The predicted molar refractivity (Wildman–Crippen MR) is 104 cm³/mol. The van der Waals surface area contributed by atoms with Crippen molar-refractivity contribution < 1.29 is 4.79 Å². The van der Waals surface area contributed by atoms with E-state index in [1.165, 1.54) is 0 Å². The van der Waals surface area contributed by atoms with E-state index < -0.39 is 0 Å². The molecule has 3 aromatic rings. The number of benzene rings is 2. The Hall–Kier alpha value is -2.66. The number of hydrogen-bond donors (Lipinski definition) is 2. The number of anilines is 2. The van der Waals surface area contributed by atoms with Crippen molar-refractivity contribution in [3.63, 3.8) is 0 Å². The van der Waals surface area contributed by atoms with E-state index in [-0.39, 0.29) is 11.9 Å². The summed E-state index contributed by atoms with van der Waals surface area (Å²) >= 11 is 3.49. The van der Waals surface area contributed by atoms with Gasteiger partial charge in [0.05, 0.1) is 11.7 Å². The Morgan fingerprint density at radius 3 is 2.52 bits per heavy atom. The number of halogens is 1. The van der Waals surface area contributed by atoms with E-state index >= 15 is 0 Å². The second kappa shape index (κ2) is 7.94. The molecular formula is C20H18BrN3O. The van der Waals surface area contributed by atoms with Gasteiger partial charge in [0.25, 0.3) is 5.91 Å². The minimum atomic E-state index is -0.131. The van der Waals surface area contributed by atoms with Crippen molar-refractivity contribution in [3.05, 3.63) is 88.5 Å². The molecule has 1 unspecified atom stereocenters. The van der Waals surface area contributed by atoms with Crippen LogP contribution in [0.2, 0.25) is 0 Å². The maximum atomic E-state index is 12.5. The molecule has 0 aliphatic heterocycles. The highest BCUT2D eigenvalue weighted by molar-refractivity contribution is 9.10. The summed E-state index contributed by atoms with van der Waals surface area (Å²) in [6.45, 7) is 1.97. The number of pyridine rings is 1. The van der Waals surface area contributed by atoms with Gasteiger partial charge >= 0.3 is 0 Å². The number of aromatic nitrogens is 1. The molecule has 0 aliphatic carbocycles. The standard InChI is InChI=1S/C20H18BrN3O/c1-14(15-7-3-2-4-8-15)23-20(25)16-11-12-22-19(13-16)24-18-10-6-5-9-17(18)21/h2-14H,1H3,(H,22,24)(H,23,25). The van der Waals surface area contributed by atoms with E-state index in [0.717, 1.165) is 15.7 Å². The lowest BCUT2D eigenvalue weighted by Crippen LogP contribution is -2.26. The second-order valence-corrected chi connectivity index (χ2v) is 6.49. The first kappa shape index (κ1) is 17.2. The molecule has 126 valence electrons. The van der Waals surface area contributed by atoms with E-state index in [0.29, 0.717) is 11.4 Å². The van der Waals surface area contributed by atoms with E-state index in [4.69, 9.17) is 0 Å². The van der Waals surface area contributed by atoms with E-state index in [9.17, 15) is 4.79 Å². The first-order valence-electron chi connectivity index (χ1n) is 7.97. The Bertz CT molecular complexity index is 868. The molecule has 0 radical (unpaired) electrons. The first-order chi connectivity index (χ1) is 12.1. The van der Waals surface area contributed by atoms with Gasteiger partial charge in [0, 0.05) is 16.2 Å². The van der Waals surface area contributed by atoms with Crippen molar-refractivity contribution in [1.82, 2.24) is 10.3 Å². The van der Waals surface area contributed by atoms with Crippen LogP contribution >= 0.6 is 15.9 Å². The molecule has 3 rings (SSSR count). The molecule has 1 aromatic heterocycles. The van der Waals surface area contributed by atoms with Crippen molar-refractivity contribution >= 4 is 33.3 Å². The molecule has 0 saturated carbocycles. The summed E-state index contributed by atoms with van der Waals surface area (Å²) in [7, 11) is 0. The topological polar surface area (TPSA) is 54.0 Å². The predicted octanol–water partition coefficient (Wildman–Crippen LogP) is 5.08. The average molecular weight is 396 g/mol. The van der Waals surface area contributed by atoms with Gasteiger partial charge in [-0.25, -0.2) is 4.98 Å². The minimum absolute atomic E-state index is 0.0680. The van der Waals surface area contributed by atoms with Crippen LogP contribution in [0, 0.1) is 0 Å². The molecule has 25 heavy (non-hydrogen) atoms. The van der Waals surface area contributed by atoms with Crippen LogP contribution in [0.5, 0.6) is 0 Å². The summed E-state index contributed by atoms with van der Waals surface area (Å²) in [5, 5.41) is 6.23. The molecule has 0 saturated heterocycles. The van der Waals surface area contributed by atoms with Crippen LogP contribution in [0.4, 0.5) is 11.5 Å². The van der Waals surface area contributed by atoms with Gasteiger partial charge in [0.1, 0.15) is 5.82 Å². The smallest absolute Gasteiger partial charge is 0.251 e. The number of carbonyl (C=O) groups excluding carboxylic acids is 1. The fraction of sp³-hybridized carbons (Fsp3) is 0.100. The zero-order valence-corrected chi connectivity index (χ0v) is 15.3. The van der Waals surface area contributed by atoms with E-state index in [1.807, 2.05) is 61.5 Å². The monoisotopic (exact) mass is 395 g/mol. The molecule has 1 amide bonds. The third-order valence-electron chi connectivity index (χ3n) is 3.81. The molecule has 0 bridgehead atoms. The number of rotatable bonds is 5. The summed E-state index contributed by atoms with van der Waals surface area (Å²) in [4.78, 5) is 16.8. The first-order valence-corrected chi connectivity index (χ1v) is 8.76. The lowest BCUT2D eigenvalue weighted by molar-refractivity contribution is 0.0940. The fourth-order valence-electron chi connectivity index (χ4n) is 2.45. The fourth-order valence-corrected chi connectivity index (χ4v) is 2.83. The van der Waals surface area contributed by atoms with Gasteiger partial charge in [0.2, 0.25) is 0 Å². The number of amides is 1. The van der Waals surface area contributed by atoms with Crippen molar-refractivity contribution in [2.24, 2.45) is 0 Å². The van der Waals surface area contributed by atoms with Crippen LogP contribution in [-0.4, -0.2) is 10.9 Å². The Labute approximate surface area is 155 Å². The lowest BCUT2D eigenvalue weighted by Gasteiger charge is -2.15. The summed E-state index contributed by atoms with van der Waals surface area (Å²) < 4.78 is 0.935. The van der Waals surface area contributed by atoms with Crippen molar-refractivity contribution in [2.45, 2.75) is 13.0 Å². The molecule has 0 fully saturated rings.